The van der Waals surface area contributed by atoms with E-state index >= 15 is 0 Å². The molecule has 0 spiro atoms. The van der Waals surface area contributed by atoms with Crippen molar-refractivity contribution in [1.82, 2.24) is 9.78 Å². The molecule has 0 aliphatic heterocycles. The summed E-state index contributed by atoms with van der Waals surface area (Å²) in [7, 11) is 4.78. The zero-order chi connectivity index (χ0) is 21.8. The van der Waals surface area contributed by atoms with Crippen molar-refractivity contribution < 1.29 is 19.1 Å². The van der Waals surface area contributed by atoms with E-state index in [2.05, 4.69) is 15.7 Å². The van der Waals surface area contributed by atoms with Crippen LogP contribution in [0.1, 0.15) is 32.0 Å². The minimum atomic E-state index is -0.431. The Kier molecular flexibility index (Phi) is 6.06. The molecular formula is C22H24N4O4. The third-order valence-electron chi connectivity index (χ3n) is 4.76. The maximum atomic E-state index is 12.9. The number of aryl methyl sites for hydroxylation is 3. The highest BCUT2D eigenvalue weighted by Gasteiger charge is 2.23. The first-order valence-electron chi connectivity index (χ1n) is 9.28. The molecule has 3 aromatic rings. The van der Waals surface area contributed by atoms with Gasteiger partial charge >= 0.3 is 0 Å². The molecular weight excluding hydrogens is 384 g/mol. The molecule has 2 aromatic carbocycles. The lowest BCUT2D eigenvalue weighted by Gasteiger charge is -2.12. The topological polar surface area (TPSA) is 94.5 Å². The average molecular weight is 408 g/mol. The van der Waals surface area contributed by atoms with E-state index in [4.69, 9.17) is 9.47 Å². The van der Waals surface area contributed by atoms with Crippen molar-refractivity contribution in [3.8, 4) is 11.5 Å². The van der Waals surface area contributed by atoms with Crippen LogP contribution in [-0.2, 0) is 7.05 Å². The lowest BCUT2D eigenvalue weighted by atomic mass is 10.1. The molecule has 0 radical (unpaired) electrons. The first kappa shape index (κ1) is 20.9. The highest BCUT2D eigenvalue weighted by molar-refractivity contribution is 6.14. The van der Waals surface area contributed by atoms with Crippen LogP contribution in [0.15, 0.2) is 42.6 Å². The zero-order valence-corrected chi connectivity index (χ0v) is 17.6. The molecule has 8 nitrogen and oxygen atoms in total. The van der Waals surface area contributed by atoms with Gasteiger partial charge in [0.2, 0.25) is 0 Å². The Bertz CT molecular complexity index is 1100. The van der Waals surface area contributed by atoms with E-state index in [1.807, 2.05) is 26.0 Å². The van der Waals surface area contributed by atoms with Crippen molar-refractivity contribution in [2.75, 3.05) is 24.9 Å². The Morgan fingerprint density at radius 2 is 1.37 bits per heavy atom. The minimum Gasteiger partial charge on any atom is -0.497 e. The van der Waals surface area contributed by atoms with E-state index in [1.165, 1.54) is 10.9 Å². The molecule has 2 amide bonds. The van der Waals surface area contributed by atoms with Gasteiger partial charge in [0.15, 0.2) is 0 Å². The van der Waals surface area contributed by atoms with Gasteiger partial charge in [-0.1, -0.05) is 0 Å². The summed E-state index contributed by atoms with van der Waals surface area (Å²) in [5, 5.41) is 9.77. The fraction of sp³-hybridized carbons (Fsp3) is 0.227. The molecule has 0 saturated carbocycles. The second-order valence-electron chi connectivity index (χ2n) is 6.80. The average Bonchev–Trinajstić information content (AvgIpc) is 3.12. The standard InChI is InChI=1S/C22H24N4O4/c1-13-10-15(29-4)6-8-18(13)24-21(27)17-12-23-26(3)20(17)22(28)25-19-9-7-16(30-5)11-14(19)2/h6-12H,1-5H3,(H,24,27)(H,25,28). The fourth-order valence-electron chi connectivity index (χ4n) is 3.05. The van der Waals surface area contributed by atoms with Gasteiger partial charge in [-0.25, -0.2) is 0 Å². The molecule has 8 heteroatoms. The van der Waals surface area contributed by atoms with Gasteiger partial charge in [0, 0.05) is 18.4 Å². The number of rotatable bonds is 6. The van der Waals surface area contributed by atoms with E-state index in [0.717, 1.165) is 11.1 Å². The van der Waals surface area contributed by atoms with Crippen LogP contribution in [0.2, 0.25) is 0 Å². The number of carbonyl (C=O) groups is 2. The summed E-state index contributed by atoms with van der Waals surface area (Å²) in [5.41, 5.74) is 3.27. The molecule has 0 atom stereocenters. The number of hydrogen-bond acceptors (Lipinski definition) is 5. The van der Waals surface area contributed by atoms with E-state index in [1.54, 1.807) is 45.5 Å². The zero-order valence-electron chi connectivity index (χ0n) is 17.6. The lowest BCUT2D eigenvalue weighted by Crippen LogP contribution is -2.22. The fourth-order valence-corrected chi connectivity index (χ4v) is 3.05. The molecule has 1 heterocycles. The minimum absolute atomic E-state index is 0.161. The summed E-state index contributed by atoms with van der Waals surface area (Å²) in [6.07, 6.45) is 1.38. The number of nitrogens with zero attached hydrogens (tertiary/aromatic N) is 2. The van der Waals surface area contributed by atoms with Crippen molar-refractivity contribution in [3.63, 3.8) is 0 Å². The molecule has 0 saturated heterocycles. The third kappa shape index (κ3) is 4.27. The molecule has 0 bridgehead atoms. The molecule has 0 aliphatic rings. The van der Waals surface area contributed by atoms with E-state index in [9.17, 15) is 9.59 Å². The van der Waals surface area contributed by atoms with Gasteiger partial charge in [-0.15, -0.1) is 0 Å². The summed E-state index contributed by atoms with van der Waals surface area (Å²) >= 11 is 0. The van der Waals surface area contributed by atoms with Crippen LogP contribution in [0.3, 0.4) is 0 Å². The van der Waals surface area contributed by atoms with Crippen LogP contribution in [0.5, 0.6) is 11.5 Å². The maximum absolute atomic E-state index is 12.9. The van der Waals surface area contributed by atoms with Gasteiger partial charge in [0.1, 0.15) is 17.2 Å². The summed E-state index contributed by atoms with van der Waals surface area (Å²) in [4.78, 5) is 25.8. The van der Waals surface area contributed by atoms with Gasteiger partial charge in [-0.05, 0) is 61.4 Å². The van der Waals surface area contributed by atoms with Crippen LogP contribution in [0.25, 0.3) is 0 Å². The molecule has 156 valence electrons. The Morgan fingerprint density at radius 3 is 1.83 bits per heavy atom. The van der Waals surface area contributed by atoms with Crippen LogP contribution in [0, 0.1) is 13.8 Å². The number of amides is 2. The molecule has 2 N–H and O–H groups in total. The predicted molar refractivity (Wildman–Crippen MR) is 115 cm³/mol. The number of carbonyl (C=O) groups excluding carboxylic acids is 2. The second-order valence-corrected chi connectivity index (χ2v) is 6.80. The largest absolute Gasteiger partial charge is 0.497 e. The Labute approximate surface area is 174 Å². The third-order valence-corrected chi connectivity index (χ3v) is 4.76. The summed E-state index contributed by atoms with van der Waals surface area (Å²) in [6, 6.07) is 10.7. The van der Waals surface area contributed by atoms with Crippen LogP contribution in [-0.4, -0.2) is 35.8 Å². The van der Waals surface area contributed by atoms with E-state index < -0.39 is 11.8 Å². The molecule has 0 unspecified atom stereocenters. The second kappa shape index (κ2) is 8.69. The van der Waals surface area contributed by atoms with Crippen LogP contribution in [0.4, 0.5) is 11.4 Å². The Balaban J connectivity index is 1.83. The van der Waals surface area contributed by atoms with Crippen molar-refractivity contribution in [2.45, 2.75) is 13.8 Å². The number of benzene rings is 2. The van der Waals surface area contributed by atoms with Crippen molar-refractivity contribution in [2.24, 2.45) is 7.05 Å². The lowest BCUT2D eigenvalue weighted by molar-refractivity contribution is 0.0985. The van der Waals surface area contributed by atoms with Gasteiger partial charge in [0.05, 0.1) is 26.0 Å². The van der Waals surface area contributed by atoms with Gasteiger partial charge in [0.25, 0.3) is 11.8 Å². The van der Waals surface area contributed by atoms with Gasteiger partial charge < -0.3 is 20.1 Å². The summed E-state index contributed by atoms with van der Waals surface area (Å²) in [6.45, 7) is 3.73. The predicted octanol–water partition coefficient (Wildman–Crippen LogP) is 3.56. The highest BCUT2D eigenvalue weighted by atomic mass is 16.5. The van der Waals surface area contributed by atoms with E-state index in [-0.39, 0.29) is 11.3 Å². The molecule has 0 aliphatic carbocycles. The normalized spacial score (nSPS) is 10.4. The quantitative estimate of drug-likeness (QED) is 0.650. The van der Waals surface area contributed by atoms with Crippen LogP contribution >= 0.6 is 0 Å². The number of anilines is 2. The molecule has 1 aromatic heterocycles. The van der Waals surface area contributed by atoms with Gasteiger partial charge in [-0.3, -0.25) is 14.3 Å². The maximum Gasteiger partial charge on any atom is 0.274 e. The molecule has 30 heavy (non-hydrogen) atoms. The molecule has 3 rings (SSSR count). The van der Waals surface area contributed by atoms with Crippen molar-refractivity contribution >= 4 is 23.2 Å². The number of hydrogen-bond donors (Lipinski definition) is 2. The highest BCUT2D eigenvalue weighted by Crippen LogP contribution is 2.24. The van der Waals surface area contributed by atoms with Gasteiger partial charge in [-0.2, -0.15) is 5.10 Å². The summed E-state index contributed by atoms with van der Waals surface area (Å²) in [5.74, 6) is 0.538. The van der Waals surface area contributed by atoms with Crippen molar-refractivity contribution in [3.05, 3.63) is 65.0 Å². The van der Waals surface area contributed by atoms with Crippen molar-refractivity contribution in [1.29, 1.82) is 0 Å². The first-order chi connectivity index (χ1) is 14.3. The number of ether oxygens (including phenoxy) is 2. The smallest absolute Gasteiger partial charge is 0.274 e. The first-order valence-corrected chi connectivity index (χ1v) is 9.28. The van der Waals surface area contributed by atoms with E-state index in [0.29, 0.717) is 22.9 Å². The number of aromatic nitrogens is 2. The monoisotopic (exact) mass is 408 g/mol. The Morgan fingerprint density at radius 1 is 0.867 bits per heavy atom. The SMILES string of the molecule is COc1ccc(NC(=O)c2cnn(C)c2C(=O)Nc2ccc(OC)cc2C)c(C)c1. The Hall–Kier alpha value is -3.81. The summed E-state index contributed by atoms with van der Waals surface area (Å²) < 4.78 is 11.8. The number of methoxy groups -OCH3 is 2. The number of nitrogens with one attached hydrogen (secondary N) is 2. The van der Waals surface area contributed by atoms with Crippen LogP contribution < -0.4 is 20.1 Å². The molecule has 0 fully saturated rings.